The van der Waals surface area contributed by atoms with Gasteiger partial charge in [0, 0.05) is 18.2 Å². The molecule has 0 saturated carbocycles. The normalized spacial score (nSPS) is 23.0. The number of nitrogens with zero attached hydrogens (tertiary/aromatic N) is 1. The van der Waals surface area contributed by atoms with Gasteiger partial charge in [-0.3, -0.25) is 19.8 Å². The zero-order chi connectivity index (χ0) is 19.1. The summed E-state index contributed by atoms with van der Waals surface area (Å²) < 4.78 is 26.7. The zero-order valence-corrected chi connectivity index (χ0v) is 14.8. The average Bonchev–Trinajstić information content (AvgIpc) is 3.16. The highest BCUT2D eigenvalue weighted by Crippen LogP contribution is 2.29. The van der Waals surface area contributed by atoms with Gasteiger partial charge in [0.25, 0.3) is 0 Å². The van der Waals surface area contributed by atoms with Crippen LogP contribution in [0.1, 0.15) is 33.6 Å². The summed E-state index contributed by atoms with van der Waals surface area (Å²) in [5.74, 6) is -2.57. The van der Waals surface area contributed by atoms with Crippen molar-refractivity contribution in [3.63, 3.8) is 0 Å². The van der Waals surface area contributed by atoms with Crippen molar-refractivity contribution >= 4 is 17.5 Å². The Kier molecular flexibility index (Phi) is 4.70. The van der Waals surface area contributed by atoms with Crippen LogP contribution in [0.4, 0.5) is 14.5 Å². The van der Waals surface area contributed by atoms with Gasteiger partial charge >= 0.3 is 0 Å². The smallest absolute Gasteiger partial charge is 0.249 e. The minimum Gasteiger partial charge on any atom is -0.390 e. The van der Waals surface area contributed by atoms with Crippen molar-refractivity contribution in [3.05, 3.63) is 41.8 Å². The van der Waals surface area contributed by atoms with Crippen molar-refractivity contribution in [3.8, 4) is 0 Å². The quantitative estimate of drug-likeness (QED) is 0.863. The summed E-state index contributed by atoms with van der Waals surface area (Å²) in [4.78, 5) is 31.3. The molecule has 0 bridgehead atoms. The Balaban J connectivity index is 1.76. The molecule has 0 radical (unpaired) electrons. The number of carbonyl (C=O) groups is 2. The van der Waals surface area contributed by atoms with Crippen molar-refractivity contribution in [2.45, 2.75) is 45.7 Å². The fraction of sp³-hybridized carbons (Fsp3) is 0.444. The lowest BCUT2D eigenvalue weighted by molar-refractivity contribution is -0.124. The first-order chi connectivity index (χ1) is 12.2. The molecule has 2 aliphatic heterocycles. The third kappa shape index (κ3) is 3.55. The van der Waals surface area contributed by atoms with Crippen molar-refractivity contribution in [1.29, 1.82) is 0 Å². The van der Waals surface area contributed by atoms with Crippen LogP contribution in [0.15, 0.2) is 30.2 Å². The van der Waals surface area contributed by atoms with Gasteiger partial charge in [-0.2, -0.15) is 0 Å². The molecule has 3 rings (SSSR count). The van der Waals surface area contributed by atoms with E-state index in [4.69, 9.17) is 4.84 Å². The van der Waals surface area contributed by atoms with E-state index in [1.807, 2.05) is 20.8 Å². The molecule has 0 spiro atoms. The van der Waals surface area contributed by atoms with E-state index in [1.165, 1.54) is 11.0 Å². The first-order valence-electron chi connectivity index (χ1n) is 8.39. The van der Waals surface area contributed by atoms with Gasteiger partial charge in [0.2, 0.25) is 17.7 Å². The molecule has 0 aromatic heterocycles. The van der Waals surface area contributed by atoms with Crippen molar-refractivity contribution in [1.82, 2.24) is 10.8 Å². The highest BCUT2D eigenvalue weighted by Gasteiger charge is 2.38. The maximum absolute atomic E-state index is 13.5. The van der Waals surface area contributed by atoms with Gasteiger partial charge in [-0.05, 0) is 30.0 Å². The largest absolute Gasteiger partial charge is 0.390 e. The van der Waals surface area contributed by atoms with Gasteiger partial charge in [-0.1, -0.05) is 20.8 Å². The SMILES string of the molecule is CC(C)(C)C1C=C(NC(=O)[C@@H]2CCC(=O)N2c2ccc(F)c(F)c2)ON1. The Morgan fingerprint density at radius 1 is 1.31 bits per heavy atom. The highest BCUT2D eigenvalue weighted by atomic mass is 19.2. The number of hydrogen-bond acceptors (Lipinski definition) is 4. The number of rotatable bonds is 3. The van der Waals surface area contributed by atoms with Crippen LogP contribution in [0.3, 0.4) is 0 Å². The van der Waals surface area contributed by atoms with Crippen LogP contribution in [0.5, 0.6) is 0 Å². The predicted molar refractivity (Wildman–Crippen MR) is 90.6 cm³/mol. The molecule has 2 atom stereocenters. The molecule has 1 aromatic rings. The number of anilines is 1. The van der Waals surface area contributed by atoms with E-state index < -0.39 is 23.6 Å². The Hall–Kier alpha value is -2.48. The molecule has 2 aliphatic rings. The summed E-state index contributed by atoms with van der Waals surface area (Å²) in [6, 6.07) is 2.24. The van der Waals surface area contributed by atoms with E-state index >= 15 is 0 Å². The zero-order valence-electron chi connectivity index (χ0n) is 14.8. The predicted octanol–water partition coefficient (Wildman–Crippen LogP) is 2.37. The maximum atomic E-state index is 13.5. The van der Waals surface area contributed by atoms with Gasteiger partial charge in [0.05, 0.1) is 6.04 Å². The number of hydroxylamine groups is 1. The lowest BCUT2D eigenvalue weighted by Gasteiger charge is -2.24. The van der Waals surface area contributed by atoms with E-state index in [2.05, 4.69) is 10.8 Å². The molecular formula is C18H21F2N3O3. The first kappa shape index (κ1) is 18.3. The number of nitrogens with one attached hydrogen (secondary N) is 2. The van der Waals surface area contributed by atoms with Crippen LogP contribution in [-0.2, 0) is 14.4 Å². The van der Waals surface area contributed by atoms with Crippen LogP contribution in [0.25, 0.3) is 0 Å². The first-order valence-corrected chi connectivity index (χ1v) is 8.39. The molecule has 0 aliphatic carbocycles. The molecule has 1 fully saturated rings. The molecule has 1 saturated heterocycles. The molecule has 1 aromatic carbocycles. The van der Waals surface area contributed by atoms with E-state index in [9.17, 15) is 18.4 Å². The monoisotopic (exact) mass is 365 g/mol. The van der Waals surface area contributed by atoms with Crippen LogP contribution < -0.4 is 15.7 Å². The van der Waals surface area contributed by atoms with E-state index in [1.54, 1.807) is 6.08 Å². The number of carbonyl (C=O) groups excluding carboxylic acids is 2. The van der Waals surface area contributed by atoms with Crippen LogP contribution in [0.2, 0.25) is 0 Å². The van der Waals surface area contributed by atoms with Gasteiger partial charge in [0.15, 0.2) is 11.6 Å². The maximum Gasteiger partial charge on any atom is 0.249 e. The Labute approximate surface area is 150 Å². The van der Waals surface area contributed by atoms with Crippen molar-refractivity contribution in [2.75, 3.05) is 4.90 Å². The van der Waals surface area contributed by atoms with Gasteiger partial charge in [-0.25, -0.2) is 8.78 Å². The topological polar surface area (TPSA) is 70.7 Å². The van der Waals surface area contributed by atoms with Gasteiger partial charge < -0.3 is 4.84 Å². The third-order valence-corrected chi connectivity index (χ3v) is 4.49. The second-order valence-corrected chi connectivity index (χ2v) is 7.50. The molecule has 2 amide bonds. The Morgan fingerprint density at radius 2 is 2.04 bits per heavy atom. The van der Waals surface area contributed by atoms with E-state index in [0.717, 1.165) is 12.1 Å². The molecule has 26 heavy (non-hydrogen) atoms. The number of halogens is 2. The van der Waals surface area contributed by atoms with Crippen molar-refractivity contribution < 1.29 is 23.2 Å². The number of amides is 2. The highest BCUT2D eigenvalue weighted by molar-refractivity contribution is 6.04. The summed E-state index contributed by atoms with van der Waals surface area (Å²) in [6.45, 7) is 6.07. The van der Waals surface area contributed by atoms with Crippen LogP contribution in [-0.4, -0.2) is 23.9 Å². The van der Waals surface area contributed by atoms with Crippen molar-refractivity contribution in [2.24, 2.45) is 5.41 Å². The third-order valence-electron chi connectivity index (χ3n) is 4.49. The van der Waals surface area contributed by atoms with E-state index in [-0.39, 0.29) is 41.8 Å². The fourth-order valence-corrected chi connectivity index (χ4v) is 2.94. The van der Waals surface area contributed by atoms with Gasteiger partial charge in [0.1, 0.15) is 6.04 Å². The second-order valence-electron chi connectivity index (χ2n) is 7.50. The van der Waals surface area contributed by atoms with Crippen LogP contribution >= 0.6 is 0 Å². The summed E-state index contributed by atoms with van der Waals surface area (Å²) in [5, 5.41) is 2.64. The molecule has 2 N–H and O–H groups in total. The molecule has 8 heteroatoms. The second kappa shape index (κ2) is 6.68. The molecule has 140 valence electrons. The average molecular weight is 365 g/mol. The lowest BCUT2D eigenvalue weighted by Crippen LogP contribution is -2.44. The Bertz CT molecular complexity index is 773. The molecule has 1 unspecified atom stereocenters. The minimum atomic E-state index is -1.07. The lowest BCUT2D eigenvalue weighted by atomic mass is 9.87. The fourth-order valence-electron chi connectivity index (χ4n) is 2.94. The van der Waals surface area contributed by atoms with Crippen LogP contribution in [0, 0.1) is 17.0 Å². The summed E-state index contributed by atoms with van der Waals surface area (Å²) in [6.07, 6.45) is 2.20. The molecular weight excluding hydrogens is 344 g/mol. The Morgan fingerprint density at radius 3 is 2.65 bits per heavy atom. The molecule has 2 heterocycles. The minimum absolute atomic E-state index is 0.0784. The molecule has 6 nitrogen and oxygen atoms in total. The summed E-state index contributed by atoms with van der Waals surface area (Å²) in [5.41, 5.74) is 2.88. The van der Waals surface area contributed by atoms with Gasteiger partial charge in [-0.15, -0.1) is 5.48 Å². The summed E-state index contributed by atoms with van der Waals surface area (Å²) >= 11 is 0. The number of hydrogen-bond donors (Lipinski definition) is 2. The van der Waals surface area contributed by atoms with E-state index in [0.29, 0.717) is 0 Å². The summed E-state index contributed by atoms with van der Waals surface area (Å²) in [7, 11) is 0. The standard InChI is InChI=1S/C18H21F2N3O3/c1-18(2,3)14-9-15(26-22-14)21-17(25)13-6-7-16(24)23(13)10-4-5-11(19)12(20)8-10/h4-5,8-9,13-14,22H,6-7H2,1-3H3,(H,21,25)/t13-,14?/m0/s1. The number of benzene rings is 1.